The number of fused-ring (bicyclic) bond motifs is 2. The minimum atomic E-state index is -4.09. The van der Waals surface area contributed by atoms with Crippen LogP contribution in [0.3, 0.4) is 0 Å². The third-order valence-electron chi connectivity index (χ3n) is 10.8. The van der Waals surface area contributed by atoms with Crippen LogP contribution >= 0.6 is 36.1 Å². The first-order chi connectivity index (χ1) is 30.6. The van der Waals surface area contributed by atoms with Gasteiger partial charge in [0, 0.05) is 114 Å². The summed E-state index contributed by atoms with van der Waals surface area (Å²) in [5.41, 5.74) is 4.48. The number of hydrogen-bond acceptors (Lipinski definition) is 19. The van der Waals surface area contributed by atoms with Gasteiger partial charge in [-0.15, -0.1) is 13.7 Å². The molecule has 1 fully saturated rings. The van der Waals surface area contributed by atoms with Crippen LogP contribution in [0.2, 0.25) is 0 Å². The van der Waals surface area contributed by atoms with E-state index < -0.39 is 38.6 Å². The highest BCUT2D eigenvalue weighted by Gasteiger charge is 2.45. The number of hydrogen-bond donors (Lipinski definition) is 2. The molecule has 5 rings (SSSR count). The third-order valence-corrected chi connectivity index (χ3v) is 14.4. The molecule has 2 aromatic carbocycles. The van der Waals surface area contributed by atoms with E-state index >= 15 is 0 Å². The molecule has 1 saturated heterocycles. The fourth-order valence-corrected chi connectivity index (χ4v) is 9.88. The topological polar surface area (TPSA) is 226 Å². The Labute approximate surface area is 384 Å². The molecule has 64 heavy (non-hydrogen) atoms. The molecule has 3 aliphatic rings. The SMILES string of the molecule is CN(CCC(=O)ON1C(=O)CCC1=O)S(=O)(=O)c1ccc2c(c1)C(C)(C)C(=CC=CC=CC=CC1=[N+](CCCSOOO)c3ccc(SOOO)cc3C1(C)C)N2CCCSOO[O-]. The maximum atomic E-state index is 13.8. The Morgan fingerprint density at radius 1 is 0.891 bits per heavy atom. The van der Waals surface area contributed by atoms with Crippen molar-refractivity contribution in [3.63, 3.8) is 0 Å². The van der Waals surface area contributed by atoms with E-state index in [1.807, 2.05) is 68.5 Å². The Balaban J connectivity index is 1.33. The van der Waals surface area contributed by atoms with Crippen LogP contribution < -0.4 is 10.2 Å². The lowest BCUT2D eigenvalue weighted by molar-refractivity contribution is -0.777. The van der Waals surface area contributed by atoms with E-state index in [9.17, 15) is 28.1 Å². The van der Waals surface area contributed by atoms with E-state index in [1.165, 1.54) is 13.1 Å². The number of benzene rings is 2. The number of imide groups is 1. The molecular weight excluding hydrogens is 917 g/mol. The number of nitrogens with zero attached hydrogens (tertiary/aromatic N) is 4. The van der Waals surface area contributed by atoms with Crippen molar-refractivity contribution in [3.8, 4) is 0 Å². The highest BCUT2D eigenvalue weighted by Crippen LogP contribution is 2.49. The van der Waals surface area contributed by atoms with Crippen molar-refractivity contribution in [1.29, 1.82) is 0 Å². The summed E-state index contributed by atoms with van der Waals surface area (Å²) in [6.07, 6.45) is 14.4. The van der Waals surface area contributed by atoms with Gasteiger partial charge in [-0.3, -0.25) is 14.6 Å². The summed E-state index contributed by atoms with van der Waals surface area (Å²) in [5.74, 6) is -1.15. The lowest BCUT2D eigenvalue weighted by Crippen LogP contribution is -2.34. The summed E-state index contributed by atoms with van der Waals surface area (Å²) in [7, 11) is -2.75. The molecule has 0 atom stereocenters. The standard InChI is InChI=1S/C41H50N4O15S4/c1-40(2)31-27-29(63-60-57-51)15-17-33(31)43(22-11-25-61-58-55-49)35(40)13-9-7-6-8-10-14-36-41(3,4)32-28-30(16-18-34(32)44(36)23-12-26-62-59-56-50)64(52,53)42(5)24-21-39(48)54-45-37(46)19-20-38(45)47/h6-10,13-18,27-28H,11-12,19-26H2,1-5H3,(H2-,49,50,51). The van der Waals surface area contributed by atoms with Crippen molar-refractivity contribution in [2.45, 2.75) is 80.4 Å². The van der Waals surface area contributed by atoms with Crippen LogP contribution in [0.25, 0.3) is 0 Å². The second kappa shape index (κ2) is 23.5. The van der Waals surface area contributed by atoms with Crippen LogP contribution in [0.4, 0.5) is 11.4 Å². The predicted octanol–water partition coefficient (Wildman–Crippen LogP) is 6.18. The molecule has 3 aliphatic heterocycles. The smallest absolute Gasteiger partial charge is 0.334 e. The summed E-state index contributed by atoms with van der Waals surface area (Å²) in [6.45, 7) is 9.14. The predicted molar refractivity (Wildman–Crippen MR) is 235 cm³/mol. The molecule has 19 nitrogen and oxygen atoms in total. The first kappa shape index (κ1) is 51.1. The van der Waals surface area contributed by atoms with Crippen LogP contribution in [0.5, 0.6) is 0 Å². The molecule has 0 aliphatic carbocycles. The minimum Gasteiger partial charge on any atom is -0.691 e. The van der Waals surface area contributed by atoms with Gasteiger partial charge in [-0.1, -0.05) is 54.3 Å². The largest absolute Gasteiger partial charge is 0.691 e. The number of amides is 2. The molecule has 0 spiro atoms. The molecular formula is C41H50N4O15S4. The molecule has 0 bridgehead atoms. The van der Waals surface area contributed by atoms with Crippen molar-refractivity contribution < 1.29 is 76.1 Å². The molecule has 2 aromatic rings. The number of sulfonamides is 1. The van der Waals surface area contributed by atoms with E-state index in [4.69, 9.17) is 15.4 Å². The van der Waals surface area contributed by atoms with Gasteiger partial charge in [0.15, 0.2) is 5.71 Å². The summed E-state index contributed by atoms with van der Waals surface area (Å²) in [5, 5.41) is 38.9. The van der Waals surface area contributed by atoms with Gasteiger partial charge in [-0.25, -0.2) is 28.0 Å². The zero-order valence-corrected chi connectivity index (χ0v) is 39.0. The van der Waals surface area contributed by atoms with Crippen molar-refractivity contribution >= 4 is 81.0 Å². The van der Waals surface area contributed by atoms with Crippen LogP contribution in [0, 0.1) is 0 Å². The molecule has 0 unspecified atom stereocenters. The van der Waals surface area contributed by atoms with Crippen molar-refractivity contribution in [1.82, 2.24) is 9.37 Å². The summed E-state index contributed by atoms with van der Waals surface area (Å²) >= 11 is 2.76. The highest BCUT2D eigenvalue weighted by molar-refractivity contribution is 7.95. The second-order valence-corrected chi connectivity index (χ2v) is 19.8. The van der Waals surface area contributed by atoms with Gasteiger partial charge in [0.25, 0.3) is 11.8 Å². The van der Waals surface area contributed by atoms with Crippen LogP contribution in [0.15, 0.2) is 94.4 Å². The number of allylic oxidation sites excluding steroid dienone is 8. The maximum absolute atomic E-state index is 13.8. The molecule has 0 radical (unpaired) electrons. The molecule has 3 heterocycles. The summed E-state index contributed by atoms with van der Waals surface area (Å²) in [6, 6.07) is 10.7. The van der Waals surface area contributed by atoms with E-state index in [2.05, 4.69) is 57.5 Å². The molecule has 348 valence electrons. The zero-order valence-electron chi connectivity index (χ0n) is 35.7. The van der Waals surface area contributed by atoms with Gasteiger partial charge in [0.2, 0.25) is 15.7 Å². The van der Waals surface area contributed by atoms with E-state index in [0.717, 1.165) is 79.2 Å². The molecule has 23 heteroatoms. The number of anilines is 1. The van der Waals surface area contributed by atoms with Crippen LogP contribution in [-0.2, 0) is 68.2 Å². The molecule has 0 aromatic heterocycles. The Bertz CT molecular complexity index is 2270. The number of carbonyl (C=O) groups excluding carboxylic acids is 3. The minimum absolute atomic E-state index is 0.0157. The normalized spacial score (nSPS) is 17.7. The number of rotatable bonds is 25. The summed E-state index contributed by atoms with van der Waals surface area (Å²) < 4.78 is 44.4. The fourth-order valence-electron chi connectivity index (χ4n) is 7.57. The van der Waals surface area contributed by atoms with E-state index in [0.29, 0.717) is 42.5 Å². The van der Waals surface area contributed by atoms with Gasteiger partial charge in [0.1, 0.15) is 6.54 Å². The maximum Gasteiger partial charge on any atom is 0.334 e. The average Bonchev–Trinajstić information content (AvgIpc) is 3.78. The fraction of sp³-hybridized carbons (Fsp3) is 0.415. The van der Waals surface area contributed by atoms with Gasteiger partial charge in [0.05, 0.1) is 28.8 Å². The second-order valence-electron chi connectivity index (χ2n) is 15.5. The van der Waals surface area contributed by atoms with E-state index in [1.54, 1.807) is 12.1 Å². The van der Waals surface area contributed by atoms with Crippen molar-refractivity contribution in [2.24, 2.45) is 0 Å². The Hall–Kier alpha value is -3.92. The van der Waals surface area contributed by atoms with Crippen molar-refractivity contribution in [2.75, 3.05) is 43.1 Å². The van der Waals surface area contributed by atoms with Crippen LogP contribution in [0.1, 0.15) is 70.9 Å². The Kier molecular flexibility index (Phi) is 18.8. The van der Waals surface area contributed by atoms with Gasteiger partial charge in [-0.05, 0) is 62.2 Å². The average molecular weight is 967 g/mol. The van der Waals surface area contributed by atoms with Gasteiger partial charge >= 0.3 is 5.97 Å². The highest BCUT2D eigenvalue weighted by atomic mass is 32.2. The summed E-state index contributed by atoms with van der Waals surface area (Å²) in [4.78, 5) is 43.8. The zero-order chi connectivity index (χ0) is 46.5. The van der Waals surface area contributed by atoms with Crippen LogP contribution in [-0.4, -0.2) is 94.6 Å². The first-order valence-electron chi connectivity index (χ1n) is 19.9. The van der Waals surface area contributed by atoms with E-state index in [-0.39, 0.29) is 30.7 Å². The monoisotopic (exact) mass is 966 g/mol. The third kappa shape index (κ3) is 12.3. The lowest BCUT2D eigenvalue weighted by Gasteiger charge is -2.27. The Morgan fingerprint density at radius 3 is 2.30 bits per heavy atom. The van der Waals surface area contributed by atoms with Crippen molar-refractivity contribution in [3.05, 3.63) is 95.8 Å². The van der Waals surface area contributed by atoms with Gasteiger partial charge < -0.3 is 15.0 Å². The quantitative estimate of drug-likeness (QED) is 0.0215. The molecule has 2 amide bonds. The Morgan fingerprint density at radius 2 is 1.58 bits per heavy atom. The molecule has 2 N–H and O–H groups in total. The van der Waals surface area contributed by atoms with Gasteiger partial charge in [-0.2, -0.15) is 8.91 Å². The first-order valence-corrected chi connectivity index (χ1v) is 23.9. The molecule has 0 saturated carbocycles. The lowest BCUT2D eigenvalue weighted by atomic mass is 9.81. The number of hydroxylamine groups is 2. The number of carbonyl (C=O) groups is 3.